The van der Waals surface area contributed by atoms with Gasteiger partial charge in [0.25, 0.3) is 0 Å². The lowest BCUT2D eigenvalue weighted by Gasteiger charge is -2.13. The summed E-state index contributed by atoms with van der Waals surface area (Å²) >= 11 is 0. The number of pyridine rings is 1. The number of rotatable bonds is 8. The molecular weight excluding hydrogens is 393 g/mol. The van der Waals surface area contributed by atoms with Gasteiger partial charge in [0.1, 0.15) is 11.6 Å². The lowest BCUT2D eigenvalue weighted by molar-refractivity contribution is -0.121. The van der Waals surface area contributed by atoms with Crippen LogP contribution in [0, 0.1) is 17.7 Å². The van der Waals surface area contributed by atoms with E-state index in [0.29, 0.717) is 24.2 Å². The second kappa shape index (κ2) is 11.8. The molecular formula is C25H30FN3O2. The molecule has 2 N–H and O–H groups in total. The highest BCUT2D eigenvalue weighted by Crippen LogP contribution is 2.20. The molecule has 0 unspecified atom stereocenters. The van der Waals surface area contributed by atoms with Crippen molar-refractivity contribution in [3.05, 3.63) is 59.0 Å². The van der Waals surface area contributed by atoms with Crippen LogP contribution in [-0.4, -0.2) is 16.8 Å². The van der Waals surface area contributed by atoms with E-state index in [1.54, 1.807) is 18.3 Å². The number of nitrogens with one attached hydrogen (secondary N) is 2. The number of aromatic nitrogens is 1. The maximum Gasteiger partial charge on any atom is 0.225 e. The van der Waals surface area contributed by atoms with Gasteiger partial charge in [-0.05, 0) is 48.6 Å². The van der Waals surface area contributed by atoms with E-state index in [4.69, 9.17) is 0 Å². The van der Waals surface area contributed by atoms with Crippen molar-refractivity contribution in [2.45, 2.75) is 65.3 Å². The van der Waals surface area contributed by atoms with Crippen LogP contribution in [0.1, 0.15) is 82.0 Å². The minimum Gasteiger partial charge on any atom is -0.350 e. The number of nitrogens with zero attached hydrogens (tertiary/aromatic N) is 1. The zero-order chi connectivity index (χ0) is 22.8. The van der Waals surface area contributed by atoms with Gasteiger partial charge in [-0.3, -0.25) is 9.59 Å². The molecule has 2 aromatic rings. The van der Waals surface area contributed by atoms with Crippen LogP contribution in [0.25, 0.3) is 0 Å². The van der Waals surface area contributed by atoms with Crippen LogP contribution in [0.15, 0.2) is 36.5 Å². The van der Waals surface area contributed by atoms with Crippen molar-refractivity contribution in [1.82, 2.24) is 10.3 Å². The van der Waals surface area contributed by atoms with Gasteiger partial charge in [-0.25, -0.2) is 9.37 Å². The topological polar surface area (TPSA) is 71.1 Å². The minimum absolute atomic E-state index is 0.0931. The number of carbonyl (C=O) groups excluding carboxylic acids is 2. The van der Waals surface area contributed by atoms with Gasteiger partial charge in [-0.1, -0.05) is 44.7 Å². The van der Waals surface area contributed by atoms with Crippen LogP contribution >= 0.6 is 0 Å². The number of anilines is 1. The minimum atomic E-state index is -0.307. The van der Waals surface area contributed by atoms with E-state index in [-0.39, 0.29) is 36.0 Å². The molecule has 164 valence electrons. The molecule has 5 nitrogen and oxygen atoms in total. The zero-order valence-corrected chi connectivity index (χ0v) is 18.6. The third-order valence-corrected chi connectivity index (χ3v) is 4.76. The smallest absolute Gasteiger partial charge is 0.225 e. The maximum atomic E-state index is 13.0. The first-order valence-electron chi connectivity index (χ1n) is 10.6. The van der Waals surface area contributed by atoms with Crippen molar-refractivity contribution in [2.75, 3.05) is 5.32 Å². The summed E-state index contributed by atoms with van der Waals surface area (Å²) in [6.07, 6.45) is 3.54. The molecule has 0 aliphatic carbocycles. The Morgan fingerprint density at radius 3 is 2.42 bits per heavy atom. The van der Waals surface area contributed by atoms with E-state index in [9.17, 15) is 14.0 Å². The lowest BCUT2D eigenvalue weighted by Crippen LogP contribution is -2.26. The van der Waals surface area contributed by atoms with Gasteiger partial charge in [0, 0.05) is 25.5 Å². The molecule has 2 rings (SSSR count). The van der Waals surface area contributed by atoms with Crippen LogP contribution in [-0.2, 0) is 9.59 Å². The summed E-state index contributed by atoms with van der Waals surface area (Å²) in [4.78, 5) is 28.6. The molecule has 6 heteroatoms. The fourth-order valence-electron chi connectivity index (χ4n) is 2.90. The van der Waals surface area contributed by atoms with E-state index in [0.717, 1.165) is 17.5 Å². The third kappa shape index (κ3) is 7.86. The molecule has 1 aromatic carbocycles. The second-order valence-electron chi connectivity index (χ2n) is 7.76. The number of benzene rings is 1. The second-order valence-corrected chi connectivity index (χ2v) is 7.76. The number of halogens is 1. The molecule has 1 atom stereocenters. The monoisotopic (exact) mass is 423 g/mol. The van der Waals surface area contributed by atoms with Crippen molar-refractivity contribution in [1.29, 1.82) is 0 Å². The summed E-state index contributed by atoms with van der Waals surface area (Å²) < 4.78 is 13.0. The highest BCUT2D eigenvalue weighted by molar-refractivity contribution is 5.91. The van der Waals surface area contributed by atoms with E-state index in [2.05, 4.69) is 41.3 Å². The average molecular weight is 424 g/mol. The quantitative estimate of drug-likeness (QED) is 0.581. The standard InChI is InChI=1S/C25H30FN3O2/c1-5-8-23(30)29-25-20(15-21(16-27-25)17(2)3)9-6-7-10-24(31)28-18(4)19-11-13-22(26)14-12-19/h11-18H,5,7-8,10H2,1-4H3,(H,28,31)(H,27,29,30)/t18-/m0/s1. The molecule has 0 aliphatic heterocycles. The Bertz CT molecular complexity index is 959. The number of hydrogen-bond acceptors (Lipinski definition) is 3. The van der Waals surface area contributed by atoms with Crippen LogP contribution in [0.5, 0.6) is 0 Å². The van der Waals surface area contributed by atoms with Crippen LogP contribution in [0.4, 0.5) is 10.2 Å². The molecule has 0 aliphatic rings. The van der Waals surface area contributed by atoms with Gasteiger partial charge in [0.2, 0.25) is 11.8 Å². The van der Waals surface area contributed by atoms with E-state index >= 15 is 0 Å². The predicted molar refractivity (Wildman–Crippen MR) is 121 cm³/mol. The van der Waals surface area contributed by atoms with Gasteiger partial charge in [0.05, 0.1) is 11.6 Å². The largest absolute Gasteiger partial charge is 0.350 e. The molecule has 1 aromatic heterocycles. The fourth-order valence-corrected chi connectivity index (χ4v) is 2.90. The molecule has 0 fully saturated rings. The summed E-state index contributed by atoms with van der Waals surface area (Å²) in [7, 11) is 0. The Morgan fingerprint density at radius 2 is 1.77 bits per heavy atom. The Balaban J connectivity index is 2.00. The Morgan fingerprint density at radius 1 is 1.06 bits per heavy atom. The Kier molecular flexibility index (Phi) is 9.20. The van der Waals surface area contributed by atoms with Crippen molar-refractivity contribution in [3.63, 3.8) is 0 Å². The van der Waals surface area contributed by atoms with Crippen LogP contribution in [0.3, 0.4) is 0 Å². The van der Waals surface area contributed by atoms with Gasteiger partial charge in [-0.15, -0.1) is 0 Å². The van der Waals surface area contributed by atoms with Crippen molar-refractivity contribution in [3.8, 4) is 11.8 Å². The summed E-state index contributed by atoms with van der Waals surface area (Å²) in [6.45, 7) is 7.93. The molecule has 31 heavy (non-hydrogen) atoms. The van der Waals surface area contributed by atoms with Gasteiger partial charge >= 0.3 is 0 Å². The molecule has 0 bridgehead atoms. The molecule has 0 saturated carbocycles. The van der Waals surface area contributed by atoms with Crippen molar-refractivity contribution < 1.29 is 14.0 Å². The first-order chi connectivity index (χ1) is 14.8. The average Bonchev–Trinajstić information content (AvgIpc) is 2.72. The maximum absolute atomic E-state index is 13.0. The highest BCUT2D eigenvalue weighted by atomic mass is 19.1. The number of carbonyl (C=O) groups is 2. The normalized spacial score (nSPS) is 11.4. The summed E-state index contributed by atoms with van der Waals surface area (Å²) in [5.41, 5.74) is 2.52. The summed E-state index contributed by atoms with van der Waals surface area (Å²) in [6, 6.07) is 7.78. The van der Waals surface area contributed by atoms with Crippen molar-refractivity contribution in [2.24, 2.45) is 0 Å². The van der Waals surface area contributed by atoms with Gasteiger partial charge < -0.3 is 10.6 Å². The lowest BCUT2D eigenvalue weighted by atomic mass is 10.0. The first-order valence-corrected chi connectivity index (χ1v) is 10.6. The highest BCUT2D eigenvalue weighted by Gasteiger charge is 2.11. The molecule has 0 saturated heterocycles. The van der Waals surface area contributed by atoms with E-state index in [1.165, 1.54) is 12.1 Å². The molecule has 1 heterocycles. The number of hydrogen-bond donors (Lipinski definition) is 2. The van der Waals surface area contributed by atoms with E-state index < -0.39 is 0 Å². The predicted octanol–water partition coefficient (Wildman–Crippen LogP) is 5.09. The molecule has 2 amide bonds. The summed E-state index contributed by atoms with van der Waals surface area (Å²) in [5.74, 6) is 6.27. The SMILES string of the molecule is CCCC(=O)Nc1ncc(C(C)C)cc1C#CCCC(=O)N[C@@H](C)c1ccc(F)cc1. The molecule has 0 spiro atoms. The zero-order valence-electron chi connectivity index (χ0n) is 18.6. The van der Waals surface area contributed by atoms with Crippen molar-refractivity contribution >= 4 is 17.6 Å². The van der Waals surface area contributed by atoms with Gasteiger partial charge in [0.15, 0.2) is 0 Å². The Labute approximate surface area is 183 Å². The Hall–Kier alpha value is -3.20. The number of amides is 2. The van der Waals surface area contributed by atoms with Crippen LogP contribution in [0.2, 0.25) is 0 Å². The fraction of sp³-hybridized carbons (Fsp3) is 0.400. The van der Waals surface area contributed by atoms with Gasteiger partial charge in [-0.2, -0.15) is 0 Å². The summed E-state index contributed by atoms with van der Waals surface area (Å²) in [5, 5.41) is 5.71. The third-order valence-electron chi connectivity index (χ3n) is 4.76. The molecule has 0 radical (unpaired) electrons. The first kappa shape index (κ1) is 24.1. The van der Waals surface area contributed by atoms with E-state index in [1.807, 2.05) is 19.9 Å². The van der Waals surface area contributed by atoms with Crippen LogP contribution < -0.4 is 10.6 Å².